The number of benzene rings is 1. The normalized spacial score (nSPS) is 12.5. The molecule has 15 heavy (non-hydrogen) atoms. The SMILES string of the molecule is CCC(CBr)COc1ccc(Cl)cc1Br. The van der Waals surface area contributed by atoms with E-state index in [1.807, 2.05) is 18.2 Å². The molecule has 0 radical (unpaired) electrons. The molecule has 0 aliphatic rings. The Labute approximate surface area is 112 Å². The summed E-state index contributed by atoms with van der Waals surface area (Å²) < 4.78 is 6.60. The van der Waals surface area contributed by atoms with Gasteiger partial charge in [0.1, 0.15) is 5.75 Å². The van der Waals surface area contributed by atoms with E-state index < -0.39 is 0 Å². The van der Waals surface area contributed by atoms with Crippen LogP contribution in [0.1, 0.15) is 13.3 Å². The molecule has 1 aromatic carbocycles. The zero-order chi connectivity index (χ0) is 11.3. The van der Waals surface area contributed by atoms with Crippen molar-refractivity contribution in [2.24, 2.45) is 5.92 Å². The maximum absolute atomic E-state index is 5.84. The number of ether oxygens (including phenoxy) is 1. The van der Waals surface area contributed by atoms with E-state index in [1.165, 1.54) is 0 Å². The van der Waals surface area contributed by atoms with E-state index in [9.17, 15) is 0 Å². The van der Waals surface area contributed by atoms with Crippen molar-refractivity contribution in [3.05, 3.63) is 27.7 Å². The van der Waals surface area contributed by atoms with Crippen molar-refractivity contribution in [3.8, 4) is 5.75 Å². The molecule has 0 saturated carbocycles. The molecule has 0 spiro atoms. The summed E-state index contributed by atoms with van der Waals surface area (Å²) in [6.45, 7) is 2.88. The minimum Gasteiger partial charge on any atom is -0.492 e. The summed E-state index contributed by atoms with van der Waals surface area (Å²) in [5.41, 5.74) is 0. The number of hydrogen-bond donors (Lipinski definition) is 0. The Morgan fingerprint density at radius 2 is 2.20 bits per heavy atom. The van der Waals surface area contributed by atoms with E-state index in [2.05, 4.69) is 38.8 Å². The first-order valence-electron chi connectivity index (χ1n) is 4.81. The van der Waals surface area contributed by atoms with Crippen LogP contribution in [0.3, 0.4) is 0 Å². The summed E-state index contributed by atoms with van der Waals surface area (Å²) in [7, 11) is 0. The van der Waals surface area contributed by atoms with Crippen molar-refractivity contribution >= 4 is 43.5 Å². The van der Waals surface area contributed by atoms with Crippen LogP contribution in [0.5, 0.6) is 5.75 Å². The third kappa shape index (κ3) is 4.33. The van der Waals surface area contributed by atoms with E-state index in [0.29, 0.717) is 10.9 Å². The van der Waals surface area contributed by atoms with Crippen molar-refractivity contribution in [1.29, 1.82) is 0 Å². The molecule has 0 heterocycles. The van der Waals surface area contributed by atoms with E-state index in [4.69, 9.17) is 16.3 Å². The van der Waals surface area contributed by atoms with Gasteiger partial charge in [-0.15, -0.1) is 0 Å². The fraction of sp³-hybridized carbons (Fsp3) is 0.455. The first-order valence-corrected chi connectivity index (χ1v) is 7.10. The Hall–Kier alpha value is 0.270. The van der Waals surface area contributed by atoms with Crippen LogP contribution in [0, 0.1) is 5.92 Å². The maximum Gasteiger partial charge on any atom is 0.133 e. The fourth-order valence-corrected chi connectivity index (χ4v) is 2.51. The lowest BCUT2D eigenvalue weighted by atomic mass is 10.1. The highest BCUT2D eigenvalue weighted by atomic mass is 79.9. The van der Waals surface area contributed by atoms with Crippen molar-refractivity contribution in [3.63, 3.8) is 0 Å². The average Bonchev–Trinajstić information content (AvgIpc) is 2.22. The maximum atomic E-state index is 5.84. The minimum atomic E-state index is 0.549. The Balaban J connectivity index is 2.57. The highest BCUT2D eigenvalue weighted by molar-refractivity contribution is 9.10. The van der Waals surface area contributed by atoms with Gasteiger partial charge < -0.3 is 4.74 Å². The molecule has 0 N–H and O–H groups in total. The molecule has 1 nitrogen and oxygen atoms in total. The summed E-state index contributed by atoms with van der Waals surface area (Å²) in [6, 6.07) is 5.55. The van der Waals surface area contributed by atoms with Gasteiger partial charge in [-0.2, -0.15) is 0 Å². The van der Waals surface area contributed by atoms with Gasteiger partial charge in [-0.05, 0) is 40.5 Å². The van der Waals surface area contributed by atoms with Gasteiger partial charge in [-0.3, -0.25) is 0 Å². The van der Waals surface area contributed by atoms with Crippen LogP contribution in [0.25, 0.3) is 0 Å². The first kappa shape index (κ1) is 13.3. The molecule has 4 heteroatoms. The molecule has 0 aliphatic carbocycles. The van der Waals surface area contributed by atoms with E-state index in [1.54, 1.807) is 0 Å². The highest BCUT2D eigenvalue weighted by Crippen LogP contribution is 2.28. The standard InChI is InChI=1S/C11H13Br2ClO/c1-2-8(6-12)7-15-11-4-3-9(14)5-10(11)13/h3-5,8H,2,6-7H2,1H3. The average molecular weight is 356 g/mol. The van der Waals surface area contributed by atoms with Crippen LogP contribution in [-0.4, -0.2) is 11.9 Å². The number of rotatable bonds is 5. The predicted molar refractivity (Wildman–Crippen MR) is 72.2 cm³/mol. The number of halogens is 3. The molecular weight excluding hydrogens is 343 g/mol. The van der Waals surface area contributed by atoms with E-state index in [-0.39, 0.29) is 0 Å². The lowest BCUT2D eigenvalue weighted by molar-refractivity contribution is 0.258. The molecular formula is C11H13Br2ClO. The smallest absolute Gasteiger partial charge is 0.133 e. The van der Waals surface area contributed by atoms with Gasteiger partial charge >= 0.3 is 0 Å². The third-order valence-corrected chi connectivity index (χ3v) is 3.93. The Morgan fingerprint density at radius 3 is 2.73 bits per heavy atom. The molecule has 0 amide bonds. The highest BCUT2D eigenvalue weighted by Gasteiger charge is 2.07. The lowest BCUT2D eigenvalue weighted by Crippen LogP contribution is -2.12. The Bertz CT molecular complexity index is 313. The summed E-state index contributed by atoms with van der Waals surface area (Å²) in [5, 5.41) is 1.68. The molecule has 0 aliphatic heterocycles. The summed E-state index contributed by atoms with van der Waals surface area (Å²) in [4.78, 5) is 0. The van der Waals surface area contributed by atoms with Crippen LogP contribution in [-0.2, 0) is 0 Å². The molecule has 1 aromatic rings. The number of alkyl halides is 1. The largest absolute Gasteiger partial charge is 0.492 e. The van der Waals surface area contributed by atoms with E-state index >= 15 is 0 Å². The van der Waals surface area contributed by atoms with Gasteiger partial charge in [-0.25, -0.2) is 0 Å². The molecule has 0 saturated heterocycles. The van der Waals surface area contributed by atoms with Crippen LogP contribution in [0.15, 0.2) is 22.7 Å². The topological polar surface area (TPSA) is 9.23 Å². The van der Waals surface area contributed by atoms with Crippen molar-refractivity contribution < 1.29 is 4.74 Å². The summed E-state index contributed by atoms with van der Waals surface area (Å²) in [6.07, 6.45) is 1.11. The summed E-state index contributed by atoms with van der Waals surface area (Å²) in [5.74, 6) is 1.39. The van der Waals surface area contributed by atoms with Crippen LogP contribution >= 0.6 is 43.5 Å². The molecule has 1 atom stereocenters. The van der Waals surface area contributed by atoms with Crippen LogP contribution in [0.2, 0.25) is 5.02 Å². The zero-order valence-electron chi connectivity index (χ0n) is 8.47. The quantitative estimate of drug-likeness (QED) is 0.682. The minimum absolute atomic E-state index is 0.549. The molecule has 0 aromatic heterocycles. The predicted octanol–water partition coefficient (Wildman–Crippen LogP) is 4.90. The van der Waals surface area contributed by atoms with Gasteiger partial charge in [0.25, 0.3) is 0 Å². The van der Waals surface area contributed by atoms with Crippen LogP contribution in [0.4, 0.5) is 0 Å². The molecule has 0 fully saturated rings. The van der Waals surface area contributed by atoms with Crippen molar-refractivity contribution in [1.82, 2.24) is 0 Å². The van der Waals surface area contributed by atoms with Gasteiger partial charge in [-0.1, -0.05) is 34.5 Å². The van der Waals surface area contributed by atoms with Gasteiger partial charge in [0.2, 0.25) is 0 Å². The zero-order valence-corrected chi connectivity index (χ0v) is 12.4. The second-order valence-corrected chi connectivity index (χ2v) is 5.25. The van der Waals surface area contributed by atoms with Crippen LogP contribution < -0.4 is 4.74 Å². The lowest BCUT2D eigenvalue weighted by Gasteiger charge is -2.14. The monoisotopic (exact) mass is 354 g/mol. The van der Waals surface area contributed by atoms with E-state index in [0.717, 1.165) is 28.6 Å². The van der Waals surface area contributed by atoms with Gasteiger partial charge in [0.05, 0.1) is 11.1 Å². The Morgan fingerprint density at radius 1 is 1.47 bits per heavy atom. The molecule has 0 bridgehead atoms. The van der Waals surface area contributed by atoms with Gasteiger partial charge in [0, 0.05) is 16.3 Å². The second-order valence-electron chi connectivity index (χ2n) is 3.31. The molecule has 1 rings (SSSR count). The summed E-state index contributed by atoms with van der Waals surface area (Å²) >= 11 is 12.7. The molecule has 1 unspecified atom stereocenters. The first-order chi connectivity index (χ1) is 7.17. The molecule has 84 valence electrons. The number of hydrogen-bond acceptors (Lipinski definition) is 1. The van der Waals surface area contributed by atoms with Crippen molar-refractivity contribution in [2.75, 3.05) is 11.9 Å². The third-order valence-electron chi connectivity index (χ3n) is 2.16. The van der Waals surface area contributed by atoms with Crippen molar-refractivity contribution in [2.45, 2.75) is 13.3 Å². The fourth-order valence-electron chi connectivity index (χ4n) is 1.07. The second kappa shape index (κ2) is 6.77. The van der Waals surface area contributed by atoms with Gasteiger partial charge in [0.15, 0.2) is 0 Å². The Kier molecular flexibility index (Phi) is 6.02.